The Morgan fingerprint density at radius 3 is 2.79 bits per heavy atom. The van der Waals surface area contributed by atoms with Crippen LogP contribution in [0.2, 0.25) is 0 Å². The van der Waals surface area contributed by atoms with E-state index in [0.29, 0.717) is 63.3 Å². The summed E-state index contributed by atoms with van der Waals surface area (Å²) in [6.07, 6.45) is 1.25. The van der Waals surface area contributed by atoms with E-state index in [-0.39, 0.29) is 12.5 Å². The molecule has 0 saturated carbocycles. The van der Waals surface area contributed by atoms with Crippen molar-refractivity contribution in [2.75, 3.05) is 39.4 Å². The van der Waals surface area contributed by atoms with Crippen molar-refractivity contribution < 1.29 is 17.9 Å². The van der Waals surface area contributed by atoms with E-state index in [1.165, 1.54) is 4.31 Å². The number of hydrogen-bond acceptors (Lipinski definition) is 6. The molecule has 1 aromatic carbocycles. The van der Waals surface area contributed by atoms with Crippen molar-refractivity contribution >= 4 is 27.0 Å². The summed E-state index contributed by atoms with van der Waals surface area (Å²) in [5.74, 6) is -0.158. The highest BCUT2D eigenvalue weighted by atomic mass is 32.2. The van der Waals surface area contributed by atoms with Crippen LogP contribution in [0.15, 0.2) is 18.2 Å². The second kappa shape index (κ2) is 7.76. The van der Waals surface area contributed by atoms with Gasteiger partial charge in [-0.25, -0.2) is 13.1 Å². The molecule has 10 heteroatoms. The van der Waals surface area contributed by atoms with Gasteiger partial charge in [-0.2, -0.15) is 4.31 Å². The van der Waals surface area contributed by atoms with Crippen LogP contribution < -0.4 is 0 Å². The summed E-state index contributed by atoms with van der Waals surface area (Å²) in [4.78, 5) is 14.7. The number of benzene rings is 1. The summed E-state index contributed by atoms with van der Waals surface area (Å²) in [5.41, 5.74) is 2.06. The van der Waals surface area contributed by atoms with Gasteiger partial charge >= 0.3 is 0 Å². The molecule has 2 saturated heterocycles. The average molecular weight is 407 g/mol. The third-order valence-electron chi connectivity index (χ3n) is 5.48. The van der Waals surface area contributed by atoms with E-state index in [2.05, 4.69) is 10.3 Å². The van der Waals surface area contributed by atoms with Crippen LogP contribution in [0, 0.1) is 0 Å². The number of amides is 1. The van der Waals surface area contributed by atoms with Crippen LogP contribution in [0.5, 0.6) is 0 Å². The minimum absolute atomic E-state index is 0.158. The minimum atomic E-state index is -3.43. The third kappa shape index (κ3) is 3.51. The Morgan fingerprint density at radius 2 is 2.04 bits per heavy atom. The fraction of sp³-hybridized carbons (Fsp3) is 0.611. The number of likely N-dealkylation sites (tertiary alicyclic amines) is 1. The Morgan fingerprint density at radius 1 is 1.25 bits per heavy atom. The van der Waals surface area contributed by atoms with Gasteiger partial charge < -0.3 is 9.64 Å². The molecule has 1 amide bonds. The number of hydrogen-bond donors (Lipinski definition) is 0. The maximum atomic E-state index is 13.0. The number of aryl methyl sites for hydroxylation is 1. The fourth-order valence-electron chi connectivity index (χ4n) is 3.90. The Bertz CT molecular complexity index is 968. The second-order valence-corrected chi connectivity index (χ2v) is 9.39. The highest BCUT2D eigenvalue weighted by Crippen LogP contribution is 2.23. The number of sulfonamides is 1. The summed E-state index contributed by atoms with van der Waals surface area (Å²) in [6, 6.07) is 5.34. The first-order valence-electron chi connectivity index (χ1n) is 9.70. The van der Waals surface area contributed by atoms with Gasteiger partial charge in [-0.1, -0.05) is 5.21 Å². The molecule has 2 fully saturated rings. The number of morpholine rings is 1. The summed E-state index contributed by atoms with van der Waals surface area (Å²) >= 11 is 0. The van der Waals surface area contributed by atoms with E-state index in [9.17, 15) is 13.2 Å². The van der Waals surface area contributed by atoms with Gasteiger partial charge in [-0.15, -0.1) is 5.10 Å². The molecule has 152 valence electrons. The molecule has 0 N–H and O–H groups in total. The molecule has 28 heavy (non-hydrogen) atoms. The summed E-state index contributed by atoms with van der Waals surface area (Å²) in [7, 11) is -3.43. The van der Waals surface area contributed by atoms with Crippen molar-refractivity contribution in [2.45, 2.75) is 31.6 Å². The number of rotatable bonds is 4. The standard InChI is InChI=1S/C18H25N5O4S/c1-2-23-17-6-5-14(12-16(17)19-20-23)18(24)21-7-3-4-15(13-21)28(25,26)22-8-10-27-11-9-22/h5-6,12,15H,2-4,7-11,13H2,1H3/t15-/m0/s1. The molecule has 4 rings (SSSR count). The van der Waals surface area contributed by atoms with Crippen LogP contribution in [0.1, 0.15) is 30.1 Å². The van der Waals surface area contributed by atoms with Crippen LogP contribution >= 0.6 is 0 Å². The zero-order valence-corrected chi connectivity index (χ0v) is 16.8. The van der Waals surface area contributed by atoms with E-state index in [1.54, 1.807) is 21.7 Å². The molecule has 2 aromatic rings. The first-order chi connectivity index (χ1) is 13.5. The van der Waals surface area contributed by atoms with E-state index < -0.39 is 15.3 Å². The van der Waals surface area contributed by atoms with Crippen LogP contribution in [0.25, 0.3) is 11.0 Å². The van der Waals surface area contributed by atoms with E-state index in [4.69, 9.17) is 4.74 Å². The maximum Gasteiger partial charge on any atom is 0.253 e. The summed E-state index contributed by atoms with van der Waals surface area (Å²) in [5, 5.41) is 7.63. The lowest BCUT2D eigenvalue weighted by molar-refractivity contribution is 0.0686. The van der Waals surface area contributed by atoms with Gasteiger partial charge in [-0.3, -0.25) is 4.79 Å². The Balaban J connectivity index is 1.51. The molecule has 0 unspecified atom stereocenters. The van der Waals surface area contributed by atoms with Gasteiger partial charge in [0.15, 0.2) is 0 Å². The van der Waals surface area contributed by atoms with Crippen LogP contribution in [-0.2, 0) is 21.3 Å². The summed E-state index contributed by atoms with van der Waals surface area (Å²) < 4.78 is 34.5. The maximum absolute atomic E-state index is 13.0. The van der Waals surface area contributed by atoms with Crippen molar-refractivity contribution in [3.63, 3.8) is 0 Å². The zero-order valence-electron chi connectivity index (χ0n) is 16.0. The molecular weight excluding hydrogens is 382 g/mol. The van der Waals surface area contributed by atoms with E-state index in [1.807, 2.05) is 13.0 Å². The Kier molecular flexibility index (Phi) is 5.35. The van der Waals surface area contributed by atoms with Gasteiger partial charge in [0.2, 0.25) is 10.0 Å². The molecule has 2 aliphatic rings. The first kappa shape index (κ1) is 19.3. The SMILES string of the molecule is CCn1nnc2cc(C(=O)N3CCC[C@H](S(=O)(=O)N4CCOCC4)C3)ccc21. The first-order valence-corrected chi connectivity index (χ1v) is 11.2. The van der Waals surface area contributed by atoms with Gasteiger partial charge in [0.1, 0.15) is 5.52 Å². The van der Waals surface area contributed by atoms with E-state index >= 15 is 0 Å². The number of nitrogens with zero attached hydrogens (tertiary/aromatic N) is 5. The van der Waals surface area contributed by atoms with Gasteiger partial charge in [0, 0.05) is 38.3 Å². The van der Waals surface area contributed by atoms with Crippen LogP contribution in [-0.4, -0.2) is 83.2 Å². The molecule has 2 aliphatic heterocycles. The Hall–Kier alpha value is -2.04. The zero-order chi connectivity index (χ0) is 19.7. The van der Waals surface area contributed by atoms with Crippen LogP contribution in [0.3, 0.4) is 0 Å². The number of carbonyl (C=O) groups is 1. The largest absolute Gasteiger partial charge is 0.379 e. The van der Waals surface area contributed by atoms with E-state index in [0.717, 1.165) is 5.52 Å². The van der Waals surface area contributed by atoms with Gasteiger partial charge in [0.25, 0.3) is 5.91 Å². The molecule has 1 aromatic heterocycles. The van der Waals surface area contributed by atoms with Crippen molar-refractivity contribution in [3.8, 4) is 0 Å². The lowest BCUT2D eigenvalue weighted by Crippen LogP contribution is -2.51. The minimum Gasteiger partial charge on any atom is -0.379 e. The number of ether oxygens (including phenoxy) is 1. The van der Waals surface area contributed by atoms with Crippen molar-refractivity contribution in [3.05, 3.63) is 23.8 Å². The molecule has 0 bridgehead atoms. The fourth-order valence-corrected chi connectivity index (χ4v) is 5.81. The molecule has 0 aliphatic carbocycles. The van der Waals surface area contributed by atoms with Crippen molar-refractivity contribution in [2.24, 2.45) is 0 Å². The molecule has 1 atom stereocenters. The normalized spacial score (nSPS) is 21.9. The highest BCUT2D eigenvalue weighted by molar-refractivity contribution is 7.89. The number of piperidine rings is 1. The number of aromatic nitrogens is 3. The lowest BCUT2D eigenvalue weighted by atomic mass is 10.1. The molecule has 0 spiro atoms. The highest BCUT2D eigenvalue weighted by Gasteiger charge is 2.37. The third-order valence-corrected chi connectivity index (χ3v) is 7.79. The molecule has 0 radical (unpaired) electrons. The predicted octanol–water partition coefficient (Wildman–Crippen LogP) is 0.718. The number of carbonyl (C=O) groups excluding carboxylic acids is 1. The lowest BCUT2D eigenvalue weighted by Gasteiger charge is -2.36. The summed E-state index contributed by atoms with van der Waals surface area (Å²) in [6.45, 7) is 5.09. The second-order valence-electron chi connectivity index (χ2n) is 7.18. The quantitative estimate of drug-likeness (QED) is 0.741. The molecular formula is C18H25N5O4S. The van der Waals surface area contributed by atoms with Crippen molar-refractivity contribution in [1.82, 2.24) is 24.2 Å². The topological polar surface area (TPSA) is 97.6 Å². The van der Waals surface area contributed by atoms with Crippen molar-refractivity contribution in [1.29, 1.82) is 0 Å². The predicted molar refractivity (Wildman–Crippen MR) is 103 cm³/mol. The van der Waals surface area contributed by atoms with Crippen LogP contribution in [0.4, 0.5) is 0 Å². The van der Waals surface area contributed by atoms with Gasteiger partial charge in [-0.05, 0) is 38.0 Å². The Labute approximate surface area is 164 Å². The monoisotopic (exact) mass is 407 g/mol. The molecule has 3 heterocycles. The molecule has 9 nitrogen and oxygen atoms in total. The number of fused-ring (bicyclic) bond motifs is 1. The average Bonchev–Trinajstić information content (AvgIpc) is 3.16. The van der Waals surface area contributed by atoms with Gasteiger partial charge in [0.05, 0.1) is 24.0 Å². The smallest absolute Gasteiger partial charge is 0.253 e.